The van der Waals surface area contributed by atoms with Gasteiger partial charge in [-0.3, -0.25) is 0 Å². The number of hydrogen-bond donors (Lipinski definition) is 0. The molecule has 78 valence electrons. The fraction of sp³-hybridized carbons (Fsp3) is 0.538. The van der Waals surface area contributed by atoms with Crippen LogP contribution in [0.4, 0.5) is 0 Å². The summed E-state index contributed by atoms with van der Waals surface area (Å²) in [5.74, 6) is 0. The van der Waals surface area contributed by atoms with Crippen molar-refractivity contribution in [2.24, 2.45) is 0 Å². The van der Waals surface area contributed by atoms with Crippen LogP contribution in [0.15, 0.2) is 18.2 Å². The van der Waals surface area contributed by atoms with Crippen LogP contribution in [0.25, 0.3) is 0 Å². The quantitative estimate of drug-likeness (QED) is 0.628. The van der Waals surface area contributed by atoms with E-state index < -0.39 is 0 Å². The van der Waals surface area contributed by atoms with Gasteiger partial charge in [-0.25, -0.2) is 0 Å². The van der Waals surface area contributed by atoms with E-state index in [1.54, 1.807) is 0 Å². The second kappa shape index (κ2) is 5.41. The van der Waals surface area contributed by atoms with E-state index in [0.29, 0.717) is 0 Å². The first-order valence-electron chi connectivity index (χ1n) is 5.36. The summed E-state index contributed by atoms with van der Waals surface area (Å²) >= 11 is 6.34. The molecule has 0 heterocycles. The van der Waals surface area contributed by atoms with Crippen molar-refractivity contribution in [1.82, 2.24) is 0 Å². The Kier molecular flexibility index (Phi) is 4.47. The highest BCUT2D eigenvalue weighted by atomic mass is 35.5. The van der Waals surface area contributed by atoms with Crippen LogP contribution in [0.2, 0.25) is 0 Å². The molecule has 0 fully saturated rings. The first-order chi connectivity index (χ1) is 6.65. The molecule has 0 saturated heterocycles. The standard InChI is InChI=1S/C13H19Cl/c1-4-5-6-13(14)12-8-7-10(2)9-11(12)3/h7-9,13H,4-6H2,1-3H3. The molecule has 0 aliphatic heterocycles. The molecule has 0 bridgehead atoms. The Hall–Kier alpha value is -0.490. The molecule has 0 spiro atoms. The maximum atomic E-state index is 6.34. The van der Waals surface area contributed by atoms with Crippen molar-refractivity contribution >= 4 is 11.6 Å². The number of alkyl halides is 1. The van der Waals surface area contributed by atoms with Gasteiger partial charge in [0, 0.05) is 0 Å². The molecule has 0 aliphatic rings. The highest BCUT2D eigenvalue weighted by Crippen LogP contribution is 2.29. The van der Waals surface area contributed by atoms with Crippen molar-refractivity contribution in [2.45, 2.75) is 45.4 Å². The summed E-state index contributed by atoms with van der Waals surface area (Å²) in [5, 5.41) is 0.190. The molecule has 0 N–H and O–H groups in total. The lowest BCUT2D eigenvalue weighted by Gasteiger charge is -2.12. The van der Waals surface area contributed by atoms with Crippen LogP contribution in [0.3, 0.4) is 0 Å². The summed E-state index contributed by atoms with van der Waals surface area (Å²) in [5.41, 5.74) is 3.93. The molecule has 1 unspecified atom stereocenters. The van der Waals surface area contributed by atoms with Crippen LogP contribution in [-0.4, -0.2) is 0 Å². The molecule has 0 aromatic heterocycles. The van der Waals surface area contributed by atoms with Crippen molar-refractivity contribution in [1.29, 1.82) is 0 Å². The van der Waals surface area contributed by atoms with Crippen LogP contribution < -0.4 is 0 Å². The SMILES string of the molecule is CCCCC(Cl)c1ccc(C)cc1C. The molecule has 0 saturated carbocycles. The summed E-state index contributed by atoms with van der Waals surface area (Å²) < 4.78 is 0. The van der Waals surface area contributed by atoms with Gasteiger partial charge in [-0.05, 0) is 31.4 Å². The van der Waals surface area contributed by atoms with Crippen LogP contribution >= 0.6 is 11.6 Å². The van der Waals surface area contributed by atoms with Crippen molar-refractivity contribution in [2.75, 3.05) is 0 Å². The lowest BCUT2D eigenvalue weighted by molar-refractivity contribution is 0.698. The van der Waals surface area contributed by atoms with Gasteiger partial charge in [0.1, 0.15) is 0 Å². The highest BCUT2D eigenvalue weighted by molar-refractivity contribution is 6.20. The number of hydrogen-bond acceptors (Lipinski definition) is 0. The molecule has 14 heavy (non-hydrogen) atoms. The fourth-order valence-electron chi connectivity index (χ4n) is 1.72. The van der Waals surface area contributed by atoms with Crippen LogP contribution in [0, 0.1) is 13.8 Å². The summed E-state index contributed by atoms with van der Waals surface area (Å²) in [6.07, 6.45) is 3.51. The number of unbranched alkanes of at least 4 members (excludes halogenated alkanes) is 1. The Morgan fingerprint density at radius 1 is 1.29 bits per heavy atom. The molecule has 0 aliphatic carbocycles. The van der Waals surface area contributed by atoms with Gasteiger partial charge in [-0.2, -0.15) is 0 Å². The van der Waals surface area contributed by atoms with Crippen molar-refractivity contribution in [3.63, 3.8) is 0 Å². The number of halogens is 1. The molecule has 1 rings (SSSR count). The zero-order valence-corrected chi connectivity index (χ0v) is 10.1. The van der Waals surface area contributed by atoms with E-state index in [9.17, 15) is 0 Å². The van der Waals surface area contributed by atoms with Crippen LogP contribution in [-0.2, 0) is 0 Å². The van der Waals surface area contributed by atoms with Gasteiger partial charge < -0.3 is 0 Å². The van der Waals surface area contributed by atoms with E-state index in [0.717, 1.165) is 6.42 Å². The summed E-state index contributed by atoms with van der Waals surface area (Å²) in [6.45, 7) is 6.46. The fourth-order valence-corrected chi connectivity index (χ4v) is 2.12. The zero-order valence-electron chi connectivity index (χ0n) is 9.31. The van der Waals surface area contributed by atoms with Gasteiger partial charge in [0.05, 0.1) is 5.38 Å². The molecule has 1 atom stereocenters. The smallest absolute Gasteiger partial charge is 0.0587 e. The third kappa shape index (κ3) is 3.02. The van der Waals surface area contributed by atoms with E-state index in [4.69, 9.17) is 11.6 Å². The maximum Gasteiger partial charge on any atom is 0.0587 e. The second-order valence-electron chi connectivity index (χ2n) is 3.97. The van der Waals surface area contributed by atoms with E-state index in [-0.39, 0.29) is 5.38 Å². The number of benzene rings is 1. The topological polar surface area (TPSA) is 0 Å². The summed E-state index contributed by atoms with van der Waals surface area (Å²) in [6, 6.07) is 6.51. The summed E-state index contributed by atoms with van der Waals surface area (Å²) in [4.78, 5) is 0. The molecule has 1 aromatic carbocycles. The predicted octanol–water partition coefficient (Wildman–Crippen LogP) is 4.77. The third-order valence-electron chi connectivity index (χ3n) is 2.57. The van der Waals surface area contributed by atoms with Gasteiger partial charge >= 0.3 is 0 Å². The van der Waals surface area contributed by atoms with Gasteiger partial charge in [-0.1, -0.05) is 43.5 Å². The average Bonchev–Trinajstić information content (AvgIpc) is 2.14. The summed E-state index contributed by atoms with van der Waals surface area (Å²) in [7, 11) is 0. The Morgan fingerprint density at radius 3 is 2.57 bits per heavy atom. The lowest BCUT2D eigenvalue weighted by atomic mass is 10.00. The van der Waals surface area contributed by atoms with Crippen LogP contribution in [0.1, 0.15) is 48.3 Å². The minimum Gasteiger partial charge on any atom is -0.118 e. The largest absolute Gasteiger partial charge is 0.118 e. The van der Waals surface area contributed by atoms with E-state index in [2.05, 4.69) is 39.0 Å². The predicted molar refractivity (Wildman–Crippen MR) is 64.0 cm³/mol. The van der Waals surface area contributed by atoms with Gasteiger partial charge in [0.2, 0.25) is 0 Å². The monoisotopic (exact) mass is 210 g/mol. The molecule has 1 aromatic rings. The van der Waals surface area contributed by atoms with E-state index in [1.165, 1.54) is 29.5 Å². The minimum absolute atomic E-state index is 0.190. The van der Waals surface area contributed by atoms with Gasteiger partial charge in [0.15, 0.2) is 0 Å². The molecule has 0 radical (unpaired) electrons. The van der Waals surface area contributed by atoms with Crippen LogP contribution in [0.5, 0.6) is 0 Å². The number of aryl methyl sites for hydroxylation is 2. The van der Waals surface area contributed by atoms with Gasteiger partial charge in [0.25, 0.3) is 0 Å². The minimum atomic E-state index is 0.190. The average molecular weight is 211 g/mol. The molecular formula is C13H19Cl. The Bertz CT molecular complexity index is 291. The first kappa shape index (κ1) is 11.6. The third-order valence-corrected chi connectivity index (χ3v) is 3.03. The van der Waals surface area contributed by atoms with E-state index in [1.807, 2.05) is 0 Å². The van der Waals surface area contributed by atoms with Gasteiger partial charge in [-0.15, -0.1) is 11.6 Å². The molecule has 0 nitrogen and oxygen atoms in total. The Balaban J connectivity index is 2.74. The molecule has 0 amide bonds. The zero-order chi connectivity index (χ0) is 10.6. The molecular weight excluding hydrogens is 192 g/mol. The van der Waals surface area contributed by atoms with Crippen molar-refractivity contribution < 1.29 is 0 Å². The second-order valence-corrected chi connectivity index (χ2v) is 4.50. The Labute approximate surface area is 92.3 Å². The van der Waals surface area contributed by atoms with Crippen molar-refractivity contribution in [3.8, 4) is 0 Å². The maximum absolute atomic E-state index is 6.34. The highest BCUT2D eigenvalue weighted by Gasteiger charge is 2.09. The normalized spacial score (nSPS) is 12.9. The van der Waals surface area contributed by atoms with Crippen molar-refractivity contribution in [3.05, 3.63) is 34.9 Å². The lowest BCUT2D eigenvalue weighted by Crippen LogP contribution is -1.94. The molecule has 1 heteroatoms. The Morgan fingerprint density at radius 2 is 2.00 bits per heavy atom. The number of rotatable bonds is 4. The van der Waals surface area contributed by atoms with E-state index >= 15 is 0 Å². The first-order valence-corrected chi connectivity index (χ1v) is 5.80.